The number of aryl methyl sites for hydroxylation is 1. The first-order valence-corrected chi connectivity index (χ1v) is 9.76. The van der Waals surface area contributed by atoms with Gasteiger partial charge >= 0.3 is 0 Å². The van der Waals surface area contributed by atoms with Crippen LogP contribution in [0.3, 0.4) is 0 Å². The Hall–Kier alpha value is -2.47. The summed E-state index contributed by atoms with van der Waals surface area (Å²) in [7, 11) is 0. The Kier molecular flexibility index (Phi) is 5.34. The fourth-order valence-electron chi connectivity index (χ4n) is 4.01. The number of aromatic amines is 1. The summed E-state index contributed by atoms with van der Waals surface area (Å²) in [6.45, 7) is 6.18. The van der Waals surface area contributed by atoms with E-state index in [4.69, 9.17) is 0 Å². The number of benzene rings is 1. The van der Waals surface area contributed by atoms with Crippen molar-refractivity contribution in [3.63, 3.8) is 0 Å². The lowest BCUT2D eigenvalue weighted by Gasteiger charge is -2.31. The number of piperidine rings is 1. The van der Waals surface area contributed by atoms with E-state index in [-0.39, 0.29) is 5.82 Å². The van der Waals surface area contributed by atoms with E-state index in [2.05, 4.69) is 37.8 Å². The summed E-state index contributed by atoms with van der Waals surface area (Å²) in [5, 5.41) is 7.41. The molecule has 3 heterocycles. The molecule has 5 nitrogen and oxygen atoms in total. The number of nitrogens with one attached hydrogen (secondary N) is 1. The Morgan fingerprint density at radius 3 is 2.89 bits per heavy atom. The minimum Gasteiger partial charge on any atom is -0.334 e. The van der Waals surface area contributed by atoms with Crippen molar-refractivity contribution in [2.75, 3.05) is 13.1 Å². The first kappa shape index (κ1) is 17.9. The van der Waals surface area contributed by atoms with Crippen LogP contribution in [0.5, 0.6) is 0 Å². The van der Waals surface area contributed by atoms with Gasteiger partial charge in [0, 0.05) is 36.1 Å². The molecule has 0 saturated carbocycles. The predicted octanol–water partition coefficient (Wildman–Crippen LogP) is 4.20. The van der Waals surface area contributed by atoms with Crippen molar-refractivity contribution in [3.05, 3.63) is 60.2 Å². The molecule has 0 amide bonds. The van der Waals surface area contributed by atoms with Gasteiger partial charge in [-0.15, -0.1) is 0 Å². The summed E-state index contributed by atoms with van der Waals surface area (Å²) in [5.41, 5.74) is 3.04. The van der Waals surface area contributed by atoms with Crippen molar-refractivity contribution in [1.29, 1.82) is 0 Å². The van der Waals surface area contributed by atoms with E-state index in [1.807, 2.05) is 18.5 Å². The third-order valence-corrected chi connectivity index (χ3v) is 5.43. The maximum atomic E-state index is 13.6. The molecule has 1 saturated heterocycles. The van der Waals surface area contributed by atoms with Crippen LogP contribution >= 0.6 is 0 Å². The largest absolute Gasteiger partial charge is 0.334 e. The van der Waals surface area contributed by atoms with Gasteiger partial charge in [0.05, 0.1) is 12.7 Å². The van der Waals surface area contributed by atoms with Gasteiger partial charge in [-0.3, -0.25) is 10.00 Å². The Labute approximate surface area is 159 Å². The van der Waals surface area contributed by atoms with Gasteiger partial charge in [-0.1, -0.05) is 19.1 Å². The lowest BCUT2D eigenvalue weighted by molar-refractivity contribution is 0.196. The SMILES string of the molecule is CCCn1ccnc1CN1CCC(c2[nH]ncc2-c2cccc(F)c2)CC1. The van der Waals surface area contributed by atoms with Gasteiger partial charge in [0.25, 0.3) is 0 Å². The van der Waals surface area contributed by atoms with Crippen LogP contribution in [0.25, 0.3) is 11.1 Å². The number of halogens is 1. The second-order valence-corrected chi connectivity index (χ2v) is 7.29. The molecule has 1 aliphatic heterocycles. The van der Waals surface area contributed by atoms with Crippen LogP contribution in [0.2, 0.25) is 0 Å². The third kappa shape index (κ3) is 3.95. The van der Waals surface area contributed by atoms with Gasteiger partial charge in [0.2, 0.25) is 0 Å². The highest BCUT2D eigenvalue weighted by atomic mass is 19.1. The van der Waals surface area contributed by atoms with Crippen molar-refractivity contribution >= 4 is 0 Å². The molecule has 1 aromatic carbocycles. The number of likely N-dealkylation sites (tertiary alicyclic amines) is 1. The zero-order valence-electron chi connectivity index (χ0n) is 15.7. The molecule has 1 aliphatic rings. The van der Waals surface area contributed by atoms with E-state index in [0.717, 1.165) is 68.1 Å². The molecule has 2 aromatic heterocycles. The second kappa shape index (κ2) is 8.05. The molecular weight excluding hydrogens is 341 g/mol. The van der Waals surface area contributed by atoms with E-state index in [0.29, 0.717) is 5.92 Å². The summed E-state index contributed by atoms with van der Waals surface area (Å²) >= 11 is 0. The molecule has 0 bridgehead atoms. The van der Waals surface area contributed by atoms with Crippen molar-refractivity contribution in [2.24, 2.45) is 0 Å². The smallest absolute Gasteiger partial charge is 0.123 e. The summed E-state index contributed by atoms with van der Waals surface area (Å²) in [5.74, 6) is 1.37. The van der Waals surface area contributed by atoms with Crippen LogP contribution in [0.1, 0.15) is 43.6 Å². The fourth-order valence-corrected chi connectivity index (χ4v) is 4.01. The van der Waals surface area contributed by atoms with E-state index in [1.54, 1.807) is 12.1 Å². The Balaban J connectivity index is 1.42. The molecule has 0 spiro atoms. The molecule has 0 atom stereocenters. The number of rotatable bonds is 6. The first-order valence-electron chi connectivity index (χ1n) is 9.76. The lowest BCUT2D eigenvalue weighted by atomic mass is 9.89. The molecule has 4 rings (SSSR count). The summed E-state index contributed by atoms with van der Waals surface area (Å²) in [4.78, 5) is 7.00. The van der Waals surface area contributed by atoms with Gasteiger partial charge in [-0.05, 0) is 50.0 Å². The first-order chi connectivity index (χ1) is 13.2. The van der Waals surface area contributed by atoms with Crippen LogP contribution in [0.4, 0.5) is 4.39 Å². The van der Waals surface area contributed by atoms with Crippen LogP contribution in [0, 0.1) is 5.82 Å². The number of imidazole rings is 1. The second-order valence-electron chi connectivity index (χ2n) is 7.29. The lowest BCUT2D eigenvalue weighted by Crippen LogP contribution is -2.33. The topological polar surface area (TPSA) is 49.7 Å². The summed E-state index contributed by atoms with van der Waals surface area (Å²) in [6, 6.07) is 6.75. The van der Waals surface area contributed by atoms with Crippen LogP contribution < -0.4 is 0 Å². The van der Waals surface area contributed by atoms with Crippen molar-refractivity contribution < 1.29 is 4.39 Å². The average Bonchev–Trinajstić information content (AvgIpc) is 3.33. The van der Waals surface area contributed by atoms with Gasteiger partial charge in [0.15, 0.2) is 0 Å². The van der Waals surface area contributed by atoms with Gasteiger partial charge < -0.3 is 4.57 Å². The van der Waals surface area contributed by atoms with Crippen LogP contribution in [-0.2, 0) is 13.1 Å². The normalized spacial score (nSPS) is 16.1. The quantitative estimate of drug-likeness (QED) is 0.710. The number of nitrogens with zero attached hydrogens (tertiary/aromatic N) is 4. The highest BCUT2D eigenvalue weighted by molar-refractivity contribution is 5.65. The molecule has 6 heteroatoms. The van der Waals surface area contributed by atoms with Crippen molar-refractivity contribution in [3.8, 4) is 11.1 Å². The van der Waals surface area contributed by atoms with E-state index >= 15 is 0 Å². The Bertz CT molecular complexity index is 876. The molecule has 0 unspecified atom stereocenters. The molecule has 27 heavy (non-hydrogen) atoms. The Morgan fingerprint density at radius 2 is 2.11 bits per heavy atom. The van der Waals surface area contributed by atoms with Crippen LogP contribution in [0.15, 0.2) is 42.9 Å². The minimum absolute atomic E-state index is 0.211. The van der Waals surface area contributed by atoms with Crippen molar-refractivity contribution in [2.45, 2.75) is 45.2 Å². The Morgan fingerprint density at radius 1 is 1.26 bits per heavy atom. The number of hydrogen-bond donors (Lipinski definition) is 1. The van der Waals surface area contributed by atoms with Crippen molar-refractivity contribution in [1.82, 2.24) is 24.6 Å². The molecule has 1 fully saturated rings. The highest BCUT2D eigenvalue weighted by Gasteiger charge is 2.25. The summed E-state index contributed by atoms with van der Waals surface area (Å²) in [6.07, 6.45) is 9.04. The van der Waals surface area contributed by atoms with Gasteiger partial charge in [-0.25, -0.2) is 9.37 Å². The zero-order valence-corrected chi connectivity index (χ0v) is 15.7. The molecule has 1 N–H and O–H groups in total. The van der Waals surface area contributed by atoms with Gasteiger partial charge in [-0.2, -0.15) is 5.10 Å². The molecule has 142 valence electrons. The monoisotopic (exact) mass is 367 g/mol. The van der Waals surface area contributed by atoms with Gasteiger partial charge in [0.1, 0.15) is 11.6 Å². The van der Waals surface area contributed by atoms with E-state index < -0.39 is 0 Å². The molecule has 0 aliphatic carbocycles. The molecule has 0 radical (unpaired) electrons. The summed E-state index contributed by atoms with van der Waals surface area (Å²) < 4.78 is 15.9. The third-order valence-electron chi connectivity index (χ3n) is 5.43. The predicted molar refractivity (Wildman–Crippen MR) is 104 cm³/mol. The molecular formula is C21H26FN5. The van der Waals surface area contributed by atoms with E-state index in [9.17, 15) is 4.39 Å². The number of aromatic nitrogens is 4. The maximum absolute atomic E-state index is 13.6. The minimum atomic E-state index is -0.211. The number of hydrogen-bond acceptors (Lipinski definition) is 3. The average molecular weight is 367 g/mol. The highest BCUT2D eigenvalue weighted by Crippen LogP contribution is 2.34. The zero-order chi connectivity index (χ0) is 18.6. The fraction of sp³-hybridized carbons (Fsp3) is 0.429. The number of H-pyrrole nitrogens is 1. The molecule has 3 aromatic rings. The van der Waals surface area contributed by atoms with E-state index in [1.165, 1.54) is 6.07 Å². The maximum Gasteiger partial charge on any atom is 0.123 e. The van der Waals surface area contributed by atoms with Crippen LogP contribution in [-0.4, -0.2) is 37.7 Å². The standard InChI is InChI=1S/C21H26FN5/c1-2-9-27-12-8-23-20(27)15-26-10-6-16(7-11-26)21-19(14-24-25-21)17-4-3-5-18(22)13-17/h3-5,8,12-14,16H,2,6-7,9-11,15H2,1H3,(H,24,25).